The summed E-state index contributed by atoms with van der Waals surface area (Å²) in [4.78, 5) is 12.0. The predicted molar refractivity (Wildman–Crippen MR) is 94.1 cm³/mol. The van der Waals surface area contributed by atoms with Crippen LogP contribution in [0.15, 0.2) is 36.4 Å². The van der Waals surface area contributed by atoms with Gasteiger partial charge in [-0.2, -0.15) is 0 Å². The molecule has 0 heterocycles. The lowest BCUT2D eigenvalue weighted by atomic mass is 10.1. The topological polar surface area (TPSA) is 41.1 Å². The van der Waals surface area contributed by atoms with E-state index in [4.69, 9.17) is 23.2 Å². The van der Waals surface area contributed by atoms with Gasteiger partial charge in [0, 0.05) is 18.7 Å². The van der Waals surface area contributed by atoms with Crippen LogP contribution in [-0.2, 0) is 4.79 Å². The molecule has 0 atom stereocenters. The van der Waals surface area contributed by atoms with Crippen LogP contribution in [-0.4, -0.2) is 12.5 Å². The molecule has 2 N–H and O–H groups in total. The summed E-state index contributed by atoms with van der Waals surface area (Å²) in [6.45, 7) is 4.64. The predicted octanol–water partition coefficient (Wildman–Crippen LogP) is 5.05. The maximum Gasteiger partial charge on any atom is 0.226 e. The minimum Gasteiger partial charge on any atom is -0.384 e. The second kappa shape index (κ2) is 7.52. The summed E-state index contributed by atoms with van der Waals surface area (Å²) < 4.78 is 0. The molecule has 0 aliphatic heterocycles. The van der Waals surface area contributed by atoms with E-state index in [1.54, 1.807) is 18.2 Å². The van der Waals surface area contributed by atoms with Crippen LogP contribution in [0.1, 0.15) is 17.5 Å². The van der Waals surface area contributed by atoms with Gasteiger partial charge >= 0.3 is 0 Å². The lowest BCUT2D eigenvalue weighted by Gasteiger charge is -2.13. The third kappa shape index (κ3) is 4.15. The zero-order valence-electron chi connectivity index (χ0n) is 12.5. The van der Waals surface area contributed by atoms with E-state index < -0.39 is 0 Å². The van der Waals surface area contributed by atoms with Gasteiger partial charge in [0.2, 0.25) is 5.91 Å². The van der Waals surface area contributed by atoms with Crippen LogP contribution >= 0.6 is 23.2 Å². The van der Waals surface area contributed by atoms with E-state index >= 15 is 0 Å². The van der Waals surface area contributed by atoms with Crippen LogP contribution in [0.4, 0.5) is 11.4 Å². The van der Waals surface area contributed by atoms with Gasteiger partial charge in [-0.1, -0.05) is 47.5 Å². The van der Waals surface area contributed by atoms with Crippen molar-refractivity contribution < 1.29 is 4.79 Å². The molecule has 0 spiro atoms. The summed E-state index contributed by atoms with van der Waals surface area (Å²) in [6, 6.07) is 11.3. The molecule has 1 amide bonds. The highest BCUT2D eigenvalue weighted by atomic mass is 35.5. The Bertz CT molecular complexity index is 666. The van der Waals surface area contributed by atoms with Gasteiger partial charge < -0.3 is 10.6 Å². The van der Waals surface area contributed by atoms with Crippen LogP contribution in [0.3, 0.4) is 0 Å². The van der Waals surface area contributed by atoms with Crippen molar-refractivity contribution in [1.29, 1.82) is 0 Å². The van der Waals surface area contributed by atoms with Crippen LogP contribution < -0.4 is 10.6 Å². The van der Waals surface area contributed by atoms with Crippen LogP contribution in [0.25, 0.3) is 0 Å². The Morgan fingerprint density at radius 3 is 2.36 bits per heavy atom. The zero-order chi connectivity index (χ0) is 16.1. The number of amides is 1. The number of halogens is 2. The van der Waals surface area contributed by atoms with Gasteiger partial charge in [0.15, 0.2) is 0 Å². The Balaban J connectivity index is 1.90. The molecule has 2 aromatic carbocycles. The maximum absolute atomic E-state index is 12.0. The standard InChI is InChI=1S/C17H18Cl2N2O/c1-11-5-3-6-12(2)17(11)20-10-9-15(22)21-14-8-4-7-13(18)16(14)19/h3-8,20H,9-10H2,1-2H3,(H,21,22). The summed E-state index contributed by atoms with van der Waals surface area (Å²) in [5.74, 6) is -0.108. The van der Waals surface area contributed by atoms with E-state index in [1.165, 1.54) is 11.1 Å². The van der Waals surface area contributed by atoms with Gasteiger partial charge in [-0.05, 0) is 37.1 Å². The van der Waals surface area contributed by atoms with Crippen molar-refractivity contribution in [1.82, 2.24) is 0 Å². The second-order valence-corrected chi connectivity index (χ2v) is 5.88. The number of nitrogens with one attached hydrogen (secondary N) is 2. The molecule has 0 aromatic heterocycles. The van der Waals surface area contributed by atoms with E-state index in [1.807, 2.05) is 32.0 Å². The lowest BCUT2D eigenvalue weighted by Crippen LogP contribution is -2.17. The molecular formula is C17H18Cl2N2O. The summed E-state index contributed by atoms with van der Waals surface area (Å²) in [6.07, 6.45) is 0.344. The first-order chi connectivity index (χ1) is 10.5. The van der Waals surface area contributed by atoms with E-state index in [0.717, 1.165) is 5.69 Å². The van der Waals surface area contributed by atoms with Crippen molar-refractivity contribution in [3.8, 4) is 0 Å². The van der Waals surface area contributed by atoms with E-state index in [2.05, 4.69) is 10.6 Å². The number of para-hydroxylation sites is 1. The molecule has 0 saturated heterocycles. The molecule has 2 rings (SSSR count). The first-order valence-corrected chi connectivity index (χ1v) is 7.78. The van der Waals surface area contributed by atoms with Crippen molar-refractivity contribution in [3.05, 3.63) is 57.6 Å². The average Bonchev–Trinajstić information content (AvgIpc) is 2.47. The molecule has 2 aromatic rings. The SMILES string of the molecule is Cc1cccc(C)c1NCCC(=O)Nc1cccc(Cl)c1Cl. The molecule has 116 valence electrons. The largest absolute Gasteiger partial charge is 0.384 e. The highest BCUT2D eigenvalue weighted by Gasteiger charge is 2.08. The smallest absolute Gasteiger partial charge is 0.226 e. The highest BCUT2D eigenvalue weighted by molar-refractivity contribution is 6.43. The fourth-order valence-electron chi connectivity index (χ4n) is 2.21. The van der Waals surface area contributed by atoms with Crippen molar-refractivity contribution in [2.24, 2.45) is 0 Å². The first kappa shape index (κ1) is 16.7. The molecule has 0 fully saturated rings. The van der Waals surface area contributed by atoms with Crippen molar-refractivity contribution >= 4 is 40.5 Å². The molecular weight excluding hydrogens is 319 g/mol. The van der Waals surface area contributed by atoms with Crippen LogP contribution in [0.2, 0.25) is 10.0 Å². The number of carbonyl (C=O) groups is 1. The van der Waals surface area contributed by atoms with Crippen LogP contribution in [0.5, 0.6) is 0 Å². The van der Waals surface area contributed by atoms with E-state index in [0.29, 0.717) is 28.7 Å². The molecule has 5 heteroatoms. The molecule has 22 heavy (non-hydrogen) atoms. The monoisotopic (exact) mass is 336 g/mol. The fourth-order valence-corrected chi connectivity index (χ4v) is 2.56. The Morgan fingerprint density at radius 1 is 1.05 bits per heavy atom. The van der Waals surface area contributed by atoms with E-state index in [9.17, 15) is 4.79 Å². The second-order valence-electron chi connectivity index (χ2n) is 5.09. The minimum absolute atomic E-state index is 0.108. The first-order valence-electron chi connectivity index (χ1n) is 7.03. The van der Waals surface area contributed by atoms with Crippen molar-refractivity contribution in [3.63, 3.8) is 0 Å². The number of hydrogen-bond donors (Lipinski definition) is 2. The Kier molecular flexibility index (Phi) is 5.69. The summed E-state index contributed by atoms with van der Waals surface area (Å²) in [5.41, 5.74) is 3.94. The summed E-state index contributed by atoms with van der Waals surface area (Å²) in [7, 11) is 0. The highest BCUT2D eigenvalue weighted by Crippen LogP contribution is 2.29. The fraction of sp³-hybridized carbons (Fsp3) is 0.235. The quantitative estimate of drug-likeness (QED) is 0.801. The third-order valence-electron chi connectivity index (χ3n) is 3.36. The summed E-state index contributed by atoms with van der Waals surface area (Å²) >= 11 is 12.0. The maximum atomic E-state index is 12.0. The Labute approximate surface area is 140 Å². The molecule has 3 nitrogen and oxygen atoms in total. The van der Waals surface area contributed by atoms with Crippen molar-refractivity contribution in [2.45, 2.75) is 20.3 Å². The van der Waals surface area contributed by atoms with Gasteiger partial charge in [-0.15, -0.1) is 0 Å². The van der Waals surface area contributed by atoms with Gasteiger partial charge in [0.25, 0.3) is 0 Å². The van der Waals surface area contributed by atoms with Gasteiger partial charge in [-0.25, -0.2) is 0 Å². The molecule has 0 saturated carbocycles. The zero-order valence-corrected chi connectivity index (χ0v) is 14.1. The Morgan fingerprint density at radius 2 is 1.68 bits per heavy atom. The molecule has 0 aliphatic carbocycles. The number of hydrogen-bond acceptors (Lipinski definition) is 2. The number of rotatable bonds is 5. The molecule has 0 radical (unpaired) electrons. The normalized spacial score (nSPS) is 10.4. The van der Waals surface area contributed by atoms with Gasteiger partial charge in [-0.3, -0.25) is 4.79 Å². The Hall–Kier alpha value is -1.71. The third-order valence-corrected chi connectivity index (χ3v) is 4.18. The number of carbonyl (C=O) groups excluding carboxylic acids is 1. The van der Waals surface area contributed by atoms with Crippen molar-refractivity contribution in [2.75, 3.05) is 17.2 Å². The number of aryl methyl sites for hydroxylation is 2. The lowest BCUT2D eigenvalue weighted by molar-refractivity contribution is -0.115. The summed E-state index contributed by atoms with van der Waals surface area (Å²) in [5, 5.41) is 6.86. The molecule has 0 aliphatic rings. The van der Waals surface area contributed by atoms with Crippen LogP contribution in [0, 0.1) is 13.8 Å². The number of benzene rings is 2. The average molecular weight is 337 g/mol. The minimum atomic E-state index is -0.108. The van der Waals surface area contributed by atoms with Gasteiger partial charge in [0.1, 0.15) is 0 Å². The molecule has 0 unspecified atom stereocenters. The van der Waals surface area contributed by atoms with E-state index in [-0.39, 0.29) is 5.91 Å². The molecule has 0 bridgehead atoms. The number of anilines is 2. The van der Waals surface area contributed by atoms with Gasteiger partial charge in [0.05, 0.1) is 15.7 Å².